The molecule has 0 aliphatic heterocycles. The number of hydrogen-bond acceptors (Lipinski definition) is 2. The Morgan fingerprint density at radius 1 is 0.885 bits per heavy atom. The van der Waals surface area contributed by atoms with Crippen LogP contribution < -0.4 is 5.32 Å². The Morgan fingerprint density at radius 2 is 1.58 bits per heavy atom. The van der Waals surface area contributed by atoms with E-state index in [4.69, 9.17) is 4.42 Å². The second-order valence-corrected chi connectivity index (χ2v) is 5.98. The molecule has 1 unspecified atom stereocenters. The van der Waals surface area contributed by atoms with Crippen LogP contribution >= 0.6 is 0 Å². The second kappa shape index (κ2) is 6.84. The van der Waals surface area contributed by atoms with Crippen molar-refractivity contribution in [2.75, 3.05) is 0 Å². The highest BCUT2D eigenvalue weighted by Crippen LogP contribution is 2.28. The van der Waals surface area contributed by atoms with E-state index in [1.807, 2.05) is 60.7 Å². The maximum atomic E-state index is 14.0. The Labute approximate surface area is 150 Å². The molecular weight excluding hydrogens is 329 g/mol. The Bertz CT molecular complexity index is 1020. The molecule has 1 N–H and O–H groups in total. The van der Waals surface area contributed by atoms with Crippen molar-refractivity contribution < 1.29 is 13.6 Å². The number of furan rings is 1. The van der Waals surface area contributed by atoms with Gasteiger partial charge in [0.15, 0.2) is 0 Å². The molecule has 0 spiro atoms. The van der Waals surface area contributed by atoms with Gasteiger partial charge in [-0.3, -0.25) is 4.79 Å². The highest BCUT2D eigenvalue weighted by molar-refractivity contribution is 5.95. The Kier molecular flexibility index (Phi) is 4.23. The molecule has 128 valence electrons. The van der Waals surface area contributed by atoms with E-state index in [-0.39, 0.29) is 5.56 Å². The first-order valence-corrected chi connectivity index (χ1v) is 8.31. The van der Waals surface area contributed by atoms with Crippen LogP contribution in [0, 0.1) is 5.82 Å². The molecule has 1 aromatic heterocycles. The number of fused-ring (bicyclic) bond motifs is 1. The summed E-state index contributed by atoms with van der Waals surface area (Å²) in [5.74, 6) is -0.444. The van der Waals surface area contributed by atoms with E-state index in [0.29, 0.717) is 5.76 Å². The zero-order chi connectivity index (χ0) is 17.9. The average Bonchev–Trinajstić information content (AvgIpc) is 3.11. The lowest BCUT2D eigenvalue weighted by Crippen LogP contribution is -2.29. The Hall–Kier alpha value is -3.40. The molecule has 4 heteroatoms. The molecule has 4 aromatic rings. The van der Waals surface area contributed by atoms with Crippen LogP contribution in [0.4, 0.5) is 4.39 Å². The van der Waals surface area contributed by atoms with Crippen LogP contribution in [-0.2, 0) is 0 Å². The van der Waals surface area contributed by atoms with Gasteiger partial charge in [-0.2, -0.15) is 0 Å². The highest BCUT2D eigenvalue weighted by Gasteiger charge is 2.22. The van der Waals surface area contributed by atoms with E-state index in [0.717, 1.165) is 16.5 Å². The molecular formula is C22H16FNO2. The molecule has 1 heterocycles. The van der Waals surface area contributed by atoms with Gasteiger partial charge in [-0.1, -0.05) is 60.7 Å². The van der Waals surface area contributed by atoms with Crippen molar-refractivity contribution in [1.82, 2.24) is 5.32 Å². The van der Waals surface area contributed by atoms with Crippen LogP contribution in [-0.4, -0.2) is 5.91 Å². The third kappa shape index (κ3) is 3.09. The monoisotopic (exact) mass is 345 g/mol. The summed E-state index contributed by atoms with van der Waals surface area (Å²) in [6.07, 6.45) is 0. The molecule has 1 atom stereocenters. The van der Waals surface area contributed by atoms with Crippen molar-refractivity contribution in [2.45, 2.75) is 6.04 Å². The minimum absolute atomic E-state index is 0.00421. The van der Waals surface area contributed by atoms with E-state index < -0.39 is 17.8 Å². The molecule has 3 aromatic carbocycles. The first kappa shape index (κ1) is 16.1. The van der Waals surface area contributed by atoms with Crippen LogP contribution in [0.5, 0.6) is 0 Å². The highest BCUT2D eigenvalue weighted by atomic mass is 19.1. The van der Waals surface area contributed by atoms with Crippen LogP contribution in [0.25, 0.3) is 11.0 Å². The van der Waals surface area contributed by atoms with Gasteiger partial charge in [0.05, 0.1) is 5.56 Å². The third-order valence-electron chi connectivity index (χ3n) is 4.26. The van der Waals surface area contributed by atoms with E-state index in [1.165, 1.54) is 12.1 Å². The summed E-state index contributed by atoms with van der Waals surface area (Å²) in [7, 11) is 0. The van der Waals surface area contributed by atoms with Gasteiger partial charge >= 0.3 is 0 Å². The van der Waals surface area contributed by atoms with Crippen LogP contribution in [0.3, 0.4) is 0 Å². The van der Waals surface area contributed by atoms with Gasteiger partial charge in [-0.25, -0.2) is 4.39 Å². The van der Waals surface area contributed by atoms with Gasteiger partial charge in [0.2, 0.25) is 0 Å². The van der Waals surface area contributed by atoms with Crippen molar-refractivity contribution in [3.8, 4) is 0 Å². The molecule has 3 nitrogen and oxygen atoms in total. The maximum absolute atomic E-state index is 14.0. The Balaban J connectivity index is 1.74. The van der Waals surface area contributed by atoms with Crippen LogP contribution in [0.15, 0.2) is 89.3 Å². The van der Waals surface area contributed by atoms with Gasteiger partial charge in [-0.15, -0.1) is 0 Å². The fraction of sp³-hybridized carbons (Fsp3) is 0.0455. The van der Waals surface area contributed by atoms with Gasteiger partial charge in [-0.05, 0) is 29.8 Å². The lowest BCUT2D eigenvalue weighted by atomic mass is 10.0. The molecule has 0 bridgehead atoms. The summed E-state index contributed by atoms with van der Waals surface area (Å²) >= 11 is 0. The van der Waals surface area contributed by atoms with E-state index in [1.54, 1.807) is 12.1 Å². The van der Waals surface area contributed by atoms with Crippen LogP contribution in [0.1, 0.15) is 27.7 Å². The second-order valence-electron chi connectivity index (χ2n) is 5.98. The maximum Gasteiger partial charge on any atom is 0.255 e. The standard InChI is InChI=1S/C22H16FNO2/c23-18-12-6-5-11-17(18)22(25)24-21(15-8-2-1-3-9-15)20-14-16-10-4-7-13-19(16)26-20/h1-14,21H,(H,24,25). The molecule has 26 heavy (non-hydrogen) atoms. The summed E-state index contributed by atoms with van der Waals surface area (Å²) < 4.78 is 19.9. The fourth-order valence-electron chi connectivity index (χ4n) is 2.96. The summed E-state index contributed by atoms with van der Waals surface area (Å²) in [5.41, 5.74) is 1.60. The Morgan fingerprint density at radius 3 is 2.35 bits per heavy atom. The lowest BCUT2D eigenvalue weighted by Gasteiger charge is -2.17. The molecule has 0 fully saturated rings. The third-order valence-corrected chi connectivity index (χ3v) is 4.26. The predicted molar refractivity (Wildman–Crippen MR) is 98.4 cm³/mol. The van der Waals surface area contributed by atoms with Crippen molar-refractivity contribution in [3.63, 3.8) is 0 Å². The van der Waals surface area contributed by atoms with Gasteiger partial charge in [0, 0.05) is 5.39 Å². The molecule has 1 amide bonds. The topological polar surface area (TPSA) is 42.2 Å². The van der Waals surface area contributed by atoms with Crippen LogP contribution in [0.2, 0.25) is 0 Å². The molecule has 0 saturated heterocycles. The number of carbonyl (C=O) groups is 1. The fourth-order valence-corrected chi connectivity index (χ4v) is 2.96. The van der Waals surface area contributed by atoms with E-state index >= 15 is 0 Å². The molecule has 0 saturated carbocycles. The number of nitrogens with one attached hydrogen (secondary N) is 1. The molecule has 4 rings (SSSR count). The largest absolute Gasteiger partial charge is 0.459 e. The lowest BCUT2D eigenvalue weighted by molar-refractivity contribution is 0.0935. The van der Waals surface area contributed by atoms with Crippen molar-refractivity contribution in [2.24, 2.45) is 0 Å². The van der Waals surface area contributed by atoms with Gasteiger partial charge < -0.3 is 9.73 Å². The number of rotatable bonds is 4. The predicted octanol–water partition coefficient (Wildman–Crippen LogP) is 5.09. The summed E-state index contributed by atoms with van der Waals surface area (Å²) in [5, 5.41) is 3.84. The summed E-state index contributed by atoms with van der Waals surface area (Å²) in [6.45, 7) is 0. The number of benzene rings is 3. The van der Waals surface area contributed by atoms with E-state index in [2.05, 4.69) is 5.32 Å². The number of carbonyl (C=O) groups excluding carboxylic acids is 1. The van der Waals surface area contributed by atoms with Crippen molar-refractivity contribution in [1.29, 1.82) is 0 Å². The normalized spacial score (nSPS) is 12.0. The minimum Gasteiger partial charge on any atom is -0.459 e. The molecule has 0 aliphatic carbocycles. The van der Waals surface area contributed by atoms with Gasteiger partial charge in [0.25, 0.3) is 5.91 Å². The number of amides is 1. The number of hydrogen-bond donors (Lipinski definition) is 1. The smallest absolute Gasteiger partial charge is 0.255 e. The number of halogens is 1. The first-order chi connectivity index (χ1) is 12.7. The molecule has 0 aliphatic rings. The zero-order valence-corrected chi connectivity index (χ0v) is 13.9. The minimum atomic E-state index is -0.554. The molecule has 0 radical (unpaired) electrons. The number of para-hydroxylation sites is 1. The quantitative estimate of drug-likeness (QED) is 0.560. The summed E-state index contributed by atoms with van der Waals surface area (Å²) in [4.78, 5) is 12.6. The SMILES string of the molecule is O=C(NC(c1ccccc1)c1cc2ccccc2o1)c1ccccc1F. The van der Waals surface area contributed by atoms with Crippen molar-refractivity contribution >= 4 is 16.9 Å². The van der Waals surface area contributed by atoms with Crippen molar-refractivity contribution in [3.05, 3.63) is 108 Å². The first-order valence-electron chi connectivity index (χ1n) is 8.31. The summed E-state index contributed by atoms with van der Waals surface area (Å²) in [6, 6.07) is 24.4. The average molecular weight is 345 g/mol. The van der Waals surface area contributed by atoms with E-state index in [9.17, 15) is 9.18 Å². The zero-order valence-electron chi connectivity index (χ0n) is 13.9. The van der Waals surface area contributed by atoms with Gasteiger partial charge in [0.1, 0.15) is 23.2 Å².